The molecule has 1 unspecified atom stereocenters. The van der Waals surface area contributed by atoms with E-state index in [2.05, 4.69) is 24.8 Å². The van der Waals surface area contributed by atoms with E-state index in [-0.39, 0.29) is 11.3 Å². The van der Waals surface area contributed by atoms with Crippen LogP contribution in [-0.2, 0) is 25.1 Å². The molecule has 0 saturated heterocycles. The Morgan fingerprint density at radius 3 is 2.50 bits per heavy atom. The van der Waals surface area contributed by atoms with Gasteiger partial charge < -0.3 is 9.04 Å². The van der Waals surface area contributed by atoms with Crippen molar-refractivity contribution in [1.29, 1.82) is 0 Å². The van der Waals surface area contributed by atoms with E-state index >= 15 is 0 Å². The summed E-state index contributed by atoms with van der Waals surface area (Å²) in [5, 5.41) is 10.7. The zero-order valence-electron chi connectivity index (χ0n) is 13.4. The van der Waals surface area contributed by atoms with Crippen molar-refractivity contribution in [3.63, 3.8) is 0 Å². The van der Waals surface area contributed by atoms with Gasteiger partial charge in [-0.1, -0.05) is 36.4 Å². The van der Waals surface area contributed by atoms with E-state index in [0.717, 1.165) is 4.73 Å². The summed E-state index contributed by atoms with van der Waals surface area (Å²) in [7, 11) is -3.92. The molecule has 7 nitrogen and oxygen atoms in total. The lowest BCUT2D eigenvalue weighted by molar-refractivity contribution is -0.134. The van der Waals surface area contributed by atoms with Crippen LogP contribution in [0.15, 0.2) is 65.7 Å². The molecule has 26 heavy (non-hydrogen) atoms. The molecule has 0 aliphatic rings. The maximum Gasteiger partial charge on any atom is 0.336 e. The van der Waals surface area contributed by atoms with Crippen molar-refractivity contribution in [1.82, 2.24) is 9.45 Å². The second kappa shape index (κ2) is 7.48. The maximum absolute atomic E-state index is 12.5. The van der Waals surface area contributed by atoms with E-state index in [9.17, 15) is 18.4 Å². The molecule has 0 radical (unpaired) electrons. The average molecular weight is 439 g/mol. The van der Waals surface area contributed by atoms with E-state index in [0.29, 0.717) is 16.5 Å². The molecule has 136 valence electrons. The van der Waals surface area contributed by atoms with Crippen LogP contribution in [0.1, 0.15) is 5.56 Å². The van der Waals surface area contributed by atoms with Crippen molar-refractivity contribution < 1.29 is 22.2 Å². The van der Waals surface area contributed by atoms with Crippen LogP contribution in [0.25, 0.3) is 10.9 Å². The van der Waals surface area contributed by atoms with Crippen molar-refractivity contribution in [2.45, 2.75) is 17.4 Å². The van der Waals surface area contributed by atoms with Crippen LogP contribution in [0, 0.1) is 0 Å². The van der Waals surface area contributed by atoms with Crippen molar-refractivity contribution in [2.75, 3.05) is 0 Å². The highest BCUT2D eigenvalue weighted by atomic mass is 79.9. The number of benzene rings is 2. The van der Waals surface area contributed by atoms with Crippen LogP contribution < -0.4 is 4.72 Å². The van der Waals surface area contributed by atoms with Gasteiger partial charge in [0, 0.05) is 18.0 Å². The van der Waals surface area contributed by atoms with Crippen LogP contribution in [-0.4, -0.2) is 30.4 Å². The van der Waals surface area contributed by atoms with Gasteiger partial charge in [0.1, 0.15) is 6.04 Å². The monoisotopic (exact) mass is 438 g/mol. The van der Waals surface area contributed by atoms with Gasteiger partial charge in [-0.15, -0.1) is 0 Å². The molecule has 0 bridgehead atoms. The molecule has 2 N–H and O–H groups in total. The zero-order valence-corrected chi connectivity index (χ0v) is 15.8. The molecule has 0 fully saturated rings. The fourth-order valence-electron chi connectivity index (χ4n) is 2.70. The van der Waals surface area contributed by atoms with Crippen molar-refractivity contribution >= 4 is 43.2 Å². The van der Waals surface area contributed by atoms with Gasteiger partial charge in [-0.2, -0.15) is 9.45 Å². The minimum atomic E-state index is -3.92. The molecule has 9 heteroatoms. The number of para-hydroxylation sites is 1. The topological polar surface area (TPSA) is 97.6 Å². The van der Waals surface area contributed by atoms with E-state index in [1.54, 1.807) is 42.5 Å². The number of rotatable bonds is 6. The van der Waals surface area contributed by atoms with Crippen LogP contribution in [0.3, 0.4) is 0 Å². The molecule has 1 heterocycles. The molecule has 1 aromatic heterocycles. The molecule has 1 atom stereocenters. The van der Waals surface area contributed by atoms with Crippen LogP contribution in [0.4, 0.5) is 0 Å². The lowest BCUT2D eigenvalue weighted by Gasteiger charge is -2.15. The number of hydrogen-bond acceptors (Lipinski definition) is 5. The number of nitrogens with one attached hydrogen (secondary N) is 1. The van der Waals surface area contributed by atoms with Crippen molar-refractivity contribution in [3.8, 4) is 0 Å². The Labute approximate surface area is 158 Å². The Morgan fingerprint density at radius 2 is 1.81 bits per heavy atom. The molecule has 2 aromatic carbocycles. The molecular formula is C17H15BrN2O5S. The van der Waals surface area contributed by atoms with Gasteiger partial charge in [-0.05, 0) is 23.8 Å². The fourth-order valence-corrected chi connectivity index (χ4v) is 4.13. The highest BCUT2D eigenvalue weighted by molar-refractivity contribution is 9.06. The Hall–Kier alpha value is -2.36. The summed E-state index contributed by atoms with van der Waals surface area (Å²) >= 11 is 2.61. The van der Waals surface area contributed by atoms with Gasteiger partial charge in [0.25, 0.3) is 0 Å². The minimum Gasteiger partial charge on any atom is -0.428 e. The Morgan fingerprint density at radius 1 is 1.15 bits per heavy atom. The van der Waals surface area contributed by atoms with Gasteiger partial charge in [-0.3, -0.25) is 0 Å². The molecule has 3 aromatic rings. The third-order valence-electron chi connectivity index (χ3n) is 3.91. The lowest BCUT2D eigenvalue weighted by Crippen LogP contribution is -2.42. The predicted molar refractivity (Wildman–Crippen MR) is 98.4 cm³/mol. The molecule has 0 saturated carbocycles. The standard InChI is InChI=1S/C17H15BrN2O5S/c18-25-17(21)15(19-26(23,24)13-6-2-1-3-7-13)10-12-11-20(22)16-9-5-4-8-14(12)16/h1-9,11,15,19,22H,10H2. The van der Waals surface area contributed by atoms with E-state index in [4.69, 9.17) is 0 Å². The largest absolute Gasteiger partial charge is 0.428 e. The van der Waals surface area contributed by atoms with E-state index in [1.165, 1.54) is 18.3 Å². The molecule has 0 spiro atoms. The summed E-state index contributed by atoms with van der Waals surface area (Å²) in [5.74, 6) is -0.792. The van der Waals surface area contributed by atoms with Crippen LogP contribution in [0.2, 0.25) is 0 Å². The van der Waals surface area contributed by atoms with Crippen molar-refractivity contribution in [2.24, 2.45) is 0 Å². The number of carbonyl (C=O) groups excluding carboxylic acids is 1. The molecule has 3 rings (SSSR count). The summed E-state index contributed by atoms with van der Waals surface area (Å²) < 4.78 is 32.9. The summed E-state index contributed by atoms with van der Waals surface area (Å²) in [5.41, 5.74) is 1.15. The SMILES string of the molecule is O=C(OBr)C(Cc1cn(O)c2ccccc12)NS(=O)(=O)c1ccccc1. The summed E-state index contributed by atoms with van der Waals surface area (Å²) in [6, 6.07) is 13.6. The normalized spacial score (nSPS) is 12.8. The first-order valence-corrected chi connectivity index (χ1v) is 9.73. The number of carbonyl (C=O) groups is 1. The van der Waals surface area contributed by atoms with Crippen LogP contribution >= 0.6 is 16.3 Å². The van der Waals surface area contributed by atoms with Gasteiger partial charge in [0.2, 0.25) is 10.0 Å². The first kappa shape index (κ1) is 18.4. The summed E-state index contributed by atoms with van der Waals surface area (Å²) in [6.07, 6.45) is 1.45. The number of nitrogens with zero attached hydrogens (tertiary/aromatic N) is 1. The Balaban J connectivity index is 1.93. The smallest absolute Gasteiger partial charge is 0.336 e. The summed E-state index contributed by atoms with van der Waals surface area (Å²) in [4.78, 5) is 12.1. The average Bonchev–Trinajstić information content (AvgIpc) is 2.97. The molecular weight excluding hydrogens is 424 g/mol. The highest BCUT2D eigenvalue weighted by Crippen LogP contribution is 2.22. The fraction of sp³-hybridized carbons (Fsp3) is 0.118. The number of aromatic nitrogens is 1. The first-order chi connectivity index (χ1) is 12.4. The third-order valence-corrected chi connectivity index (χ3v) is 5.72. The zero-order chi connectivity index (χ0) is 18.7. The predicted octanol–water partition coefficient (Wildman–Crippen LogP) is 2.62. The van der Waals surface area contributed by atoms with Gasteiger partial charge in [0.15, 0.2) is 16.3 Å². The second-order valence-electron chi connectivity index (χ2n) is 5.60. The number of hydrogen-bond donors (Lipinski definition) is 2. The van der Waals surface area contributed by atoms with Gasteiger partial charge in [0.05, 0.1) is 10.4 Å². The highest BCUT2D eigenvalue weighted by Gasteiger charge is 2.28. The Bertz CT molecular complexity index is 1030. The third kappa shape index (κ3) is 3.74. The maximum atomic E-state index is 12.5. The number of sulfonamides is 1. The second-order valence-corrected chi connectivity index (χ2v) is 7.64. The quantitative estimate of drug-likeness (QED) is 0.576. The lowest BCUT2D eigenvalue weighted by atomic mass is 10.1. The molecule has 0 aliphatic carbocycles. The van der Waals surface area contributed by atoms with Crippen molar-refractivity contribution in [3.05, 3.63) is 66.4 Å². The summed E-state index contributed by atoms with van der Waals surface area (Å²) in [6.45, 7) is 0. The van der Waals surface area contributed by atoms with Gasteiger partial charge >= 0.3 is 5.97 Å². The molecule has 0 aliphatic heterocycles. The number of halogens is 1. The number of fused-ring (bicyclic) bond motifs is 1. The Kier molecular flexibility index (Phi) is 5.30. The van der Waals surface area contributed by atoms with E-state index < -0.39 is 22.0 Å². The van der Waals surface area contributed by atoms with Gasteiger partial charge in [-0.25, -0.2) is 13.2 Å². The first-order valence-electron chi connectivity index (χ1n) is 7.60. The van der Waals surface area contributed by atoms with Crippen LogP contribution in [0.5, 0.6) is 0 Å². The molecule has 0 amide bonds. The minimum absolute atomic E-state index is 0.00453. The van der Waals surface area contributed by atoms with E-state index in [1.807, 2.05) is 0 Å².